The third-order valence-electron chi connectivity index (χ3n) is 6.28. The monoisotopic (exact) mass is 938 g/mol. The largest absolute Gasteiger partial charge is 1.00 e. The van der Waals surface area contributed by atoms with Gasteiger partial charge in [-0.05, 0) is 42.5 Å². The molecular formula is C27H18K4N4O16S4. The SMILES string of the molecule is COC(=O)C1=NN(c2cc(SOO[O-])ccc2S(=O)(=O)[O-])C(=O)/C1=C/C=C/C=C/c1cn(-c2cc(SOO[O-])ccc2S(=O)(=O)[O-])nc1C(C)=O.[K+].[K+].[K+].[K+]. The maximum absolute atomic E-state index is 13.4. The number of amides is 1. The third-order valence-corrected chi connectivity index (χ3v) is 9.19. The Morgan fingerprint density at radius 2 is 1.35 bits per heavy atom. The summed E-state index contributed by atoms with van der Waals surface area (Å²) in [5, 5.41) is 35.4. The number of ketones is 1. The Labute approximate surface area is 491 Å². The van der Waals surface area contributed by atoms with Gasteiger partial charge in [0, 0.05) is 28.5 Å². The Hall–Kier alpha value is 1.98. The second kappa shape index (κ2) is 26.4. The summed E-state index contributed by atoms with van der Waals surface area (Å²) in [5.74, 6) is -2.72. The number of Topliss-reactive ketones (excluding diaryl/α,β-unsaturated/α-hetero) is 1. The van der Waals surface area contributed by atoms with Crippen LogP contribution in [-0.4, -0.2) is 66.2 Å². The van der Waals surface area contributed by atoms with Crippen molar-refractivity contribution >= 4 is 79.5 Å². The quantitative estimate of drug-likeness (QED) is 0.0157. The van der Waals surface area contributed by atoms with Crippen molar-refractivity contribution in [1.82, 2.24) is 9.78 Å². The Morgan fingerprint density at radius 1 is 0.818 bits per heavy atom. The van der Waals surface area contributed by atoms with Crippen LogP contribution >= 0.6 is 24.1 Å². The molecule has 20 nitrogen and oxygen atoms in total. The molecule has 28 heteroatoms. The van der Waals surface area contributed by atoms with E-state index in [-0.39, 0.29) is 232 Å². The number of hydrogen-bond acceptors (Lipinski definition) is 20. The van der Waals surface area contributed by atoms with Crippen LogP contribution in [0.4, 0.5) is 5.69 Å². The average Bonchev–Trinajstić information content (AvgIpc) is 3.66. The van der Waals surface area contributed by atoms with Crippen molar-refractivity contribution in [3.63, 3.8) is 0 Å². The summed E-state index contributed by atoms with van der Waals surface area (Å²) >= 11 is 0.729. The number of esters is 1. The summed E-state index contributed by atoms with van der Waals surface area (Å²) in [6.45, 7) is 1.18. The van der Waals surface area contributed by atoms with Gasteiger partial charge >= 0.3 is 212 Å². The Kier molecular flexibility index (Phi) is 27.4. The number of carbonyl (C=O) groups excluding carboxylic acids is 3. The smallest absolute Gasteiger partial charge is 0.744 e. The van der Waals surface area contributed by atoms with Gasteiger partial charge in [0.1, 0.15) is 25.9 Å². The fraction of sp³-hybridized carbons (Fsp3) is 0.0741. The van der Waals surface area contributed by atoms with Crippen LogP contribution in [0.5, 0.6) is 0 Å². The number of hydrazone groups is 1. The summed E-state index contributed by atoms with van der Waals surface area (Å²) < 4.78 is 85.7. The van der Waals surface area contributed by atoms with Crippen LogP contribution in [0.2, 0.25) is 0 Å². The number of carbonyl (C=O) groups is 3. The number of aromatic nitrogens is 2. The summed E-state index contributed by atoms with van der Waals surface area (Å²) in [4.78, 5) is 36.8. The van der Waals surface area contributed by atoms with Crippen LogP contribution in [-0.2, 0) is 53.3 Å². The van der Waals surface area contributed by atoms with E-state index in [1.165, 1.54) is 43.5 Å². The molecule has 270 valence electrons. The van der Waals surface area contributed by atoms with E-state index >= 15 is 0 Å². The van der Waals surface area contributed by atoms with Gasteiger partial charge in [-0.3, -0.25) is 19.7 Å². The van der Waals surface area contributed by atoms with Crippen molar-refractivity contribution in [1.29, 1.82) is 0 Å². The van der Waals surface area contributed by atoms with Gasteiger partial charge in [-0.2, -0.15) is 23.9 Å². The molecule has 1 aromatic heterocycles. The number of benzene rings is 2. The Bertz CT molecular complexity index is 2230. The van der Waals surface area contributed by atoms with E-state index in [2.05, 4.69) is 33.7 Å². The maximum atomic E-state index is 13.4. The molecule has 0 N–H and O–H groups in total. The van der Waals surface area contributed by atoms with Crippen LogP contribution < -0.4 is 221 Å². The van der Waals surface area contributed by atoms with Gasteiger partial charge in [0.2, 0.25) is 0 Å². The number of allylic oxidation sites excluding steroid dienone is 4. The van der Waals surface area contributed by atoms with E-state index in [9.17, 15) is 50.8 Å². The van der Waals surface area contributed by atoms with Gasteiger partial charge in [-0.15, -0.1) is 0 Å². The molecule has 1 aliphatic rings. The molecule has 4 rings (SSSR count). The van der Waals surface area contributed by atoms with Crippen LogP contribution in [0.15, 0.2) is 97.2 Å². The molecule has 0 saturated heterocycles. The van der Waals surface area contributed by atoms with Crippen molar-refractivity contribution in [3.05, 3.63) is 83.7 Å². The van der Waals surface area contributed by atoms with Gasteiger partial charge in [0.05, 0.1) is 57.9 Å². The molecule has 0 aliphatic carbocycles. The predicted molar refractivity (Wildman–Crippen MR) is 165 cm³/mol. The minimum Gasteiger partial charge on any atom is -0.744 e. The van der Waals surface area contributed by atoms with Crippen molar-refractivity contribution in [2.75, 3.05) is 12.1 Å². The third kappa shape index (κ3) is 15.7. The first-order chi connectivity index (χ1) is 24.1. The molecule has 0 fully saturated rings. The number of rotatable bonds is 15. The summed E-state index contributed by atoms with van der Waals surface area (Å²) in [5.41, 5.74) is -1.84. The van der Waals surface area contributed by atoms with Gasteiger partial charge < -0.3 is 24.4 Å². The molecule has 1 amide bonds. The average molecular weight is 939 g/mol. The molecule has 0 spiro atoms. The summed E-state index contributed by atoms with van der Waals surface area (Å²) in [7, 11) is -9.25. The van der Waals surface area contributed by atoms with Crippen LogP contribution in [0, 0.1) is 0 Å². The fourth-order valence-corrected chi connectivity index (χ4v) is 6.29. The van der Waals surface area contributed by atoms with Crippen molar-refractivity contribution in [2.24, 2.45) is 5.10 Å². The predicted octanol–water partition coefficient (Wildman–Crippen LogP) is -11.6. The van der Waals surface area contributed by atoms with Crippen LogP contribution in [0.25, 0.3) is 11.8 Å². The number of nitrogens with zero attached hydrogens (tertiary/aromatic N) is 4. The first-order valence-corrected chi connectivity index (χ1v) is 17.5. The maximum Gasteiger partial charge on any atom is 1.00 e. The molecule has 0 unspecified atom stereocenters. The van der Waals surface area contributed by atoms with E-state index in [0.29, 0.717) is 29.1 Å². The first-order valence-electron chi connectivity index (χ1n) is 13.2. The Balaban J connectivity index is 0.00000729. The van der Waals surface area contributed by atoms with Crippen LogP contribution in [0.3, 0.4) is 0 Å². The van der Waals surface area contributed by atoms with E-state index < -0.39 is 64.7 Å². The van der Waals surface area contributed by atoms with Gasteiger partial charge in [0.15, 0.2) is 11.5 Å². The molecule has 0 radical (unpaired) electrons. The fourth-order valence-electron chi connectivity index (χ4n) is 4.23. The van der Waals surface area contributed by atoms with E-state index in [0.717, 1.165) is 48.2 Å². The van der Waals surface area contributed by atoms with Crippen molar-refractivity contribution < 1.29 is 280 Å². The number of methoxy groups -OCH3 is 1. The number of anilines is 1. The number of hydrogen-bond donors (Lipinski definition) is 0. The van der Waals surface area contributed by atoms with Crippen molar-refractivity contribution in [2.45, 2.75) is 26.5 Å². The molecule has 1 aliphatic heterocycles. The molecular weight excluding hydrogens is 921 g/mol. The Morgan fingerprint density at radius 3 is 1.84 bits per heavy atom. The minimum absolute atomic E-state index is 0. The van der Waals surface area contributed by atoms with E-state index in [4.69, 9.17) is 0 Å². The molecule has 0 saturated carbocycles. The molecule has 2 heterocycles. The normalized spacial score (nSPS) is 13.6. The molecule has 0 bridgehead atoms. The van der Waals surface area contributed by atoms with Gasteiger partial charge in [-0.1, -0.05) is 24.3 Å². The summed E-state index contributed by atoms with van der Waals surface area (Å²) in [6, 6.07) is 6.14. The zero-order chi connectivity index (χ0) is 37.5. The molecule has 2 aromatic carbocycles. The minimum atomic E-state index is -5.20. The second-order valence-electron chi connectivity index (χ2n) is 9.42. The molecule has 55 heavy (non-hydrogen) atoms. The van der Waals surface area contributed by atoms with E-state index in [1.807, 2.05) is 0 Å². The van der Waals surface area contributed by atoms with Crippen LogP contribution in [0.1, 0.15) is 23.0 Å². The summed E-state index contributed by atoms with van der Waals surface area (Å²) in [6.07, 6.45) is 7.63. The first kappa shape index (κ1) is 57.0. The molecule has 0 atom stereocenters. The van der Waals surface area contributed by atoms with Gasteiger partial charge in [0.25, 0.3) is 5.91 Å². The van der Waals surface area contributed by atoms with Crippen molar-refractivity contribution in [3.8, 4) is 5.69 Å². The zero-order valence-electron chi connectivity index (χ0n) is 29.4. The topological polar surface area (TPSA) is 291 Å². The molecule has 3 aromatic rings. The second-order valence-corrected chi connectivity index (χ2v) is 13.7. The van der Waals surface area contributed by atoms with Gasteiger partial charge in [-0.25, -0.2) is 26.3 Å². The number of ether oxygens (including phenoxy) is 1. The van der Waals surface area contributed by atoms with E-state index in [1.54, 1.807) is 0 Å². The zero-order valence-corrected chi connectivity index (χ0v) is 45.1. The standard InChI is InChI=1S/C27H22N4O16S4.4K/c1-15(32)24-16(14-30(28-24)20-12-17(48-46-44-35)8-10-22(20)50(37,38)39)6-4-3-5-7-19-25(27(34)43-2)29-31(26(19)33)21-13-18(49-47-45-36)9-11-23(21)51(40,41)42;;;;/h3-14,35-36H,1-2H3,(H,37,38,39)(H,40,41,42);;;;/q;4*+1/p-4/b5-3+,6-4+,19-7+;;;;.